The maximum absolute atomic E-state index is 12.6. The van der Waals surface area contributed by atoms with Gasteiger partial charge in [-0.3, -0.25) is 19.7 Å². The van der Waals surface area contributed by atoms with Crippen molar-refractivity contribution in [3.05, 3.63) is 0 Å². The molecule has 0 bridgehead atoms. The third-order valence-electron chi connectivity index (χ3n) is 1.79. The van der Waals surface area contributed by atoms with Crippen LogP contribution >= 0.6 is 0 Å². The van der Waals surface area contributed by atoms with Crippen molar-refractivity contribution in [1.29, 1.82) is 0 Å². The Labute approximate surface area is 86.4 Å². The summed E-state index contributed by atoms with van der Waals surface area (Å²) in [5.41, 5.74) is 0. The largest absolute Gasteiger partial charge is 0.383 e. The van der Waals surface area contributed by atoms with E-state index >= 15 is 0 Å². The van der Waals surface area contributed by atoms with E-state index in [1.807, 2.05) is 0 Å². The second-order valence-electron chi connectivity index (χ2n) is 3.06. The predicted octanol–water partition coefficient (Wildman–Crippen LogP) is -0.628. The number of amides is 3. The van der Waals surface area contributed by atoms with Gasteiger partial charge in [-0.2, -0.15) is 8.78 Å². The third-order valence-corrected chi connectivity index (χ3v) is 1.79. The Bertz CT molecular complexity index is 329. The van der Waals surface area contributed by atoms with Crippen LogP contribution in [0.15, 0.2) is 0 Å². The Morgan fingerprint density at radius 2 is 1.69 bits per heavy atom. The van der Waals surface area contributed by atoms with Crippen molar-refractivity contribution in [2.24, 2.45) is 0 Å². The number of nitrogens with one attached hydrogen (secondary N) is 1. The summed E-state index contributed by atoms with van der Waals surface area (Å²) < 4.78 is 48.8. The molecule has 0 aromatic carbocycles. The molecule has 0 aliphatic carbocycles. The molecule has 1 saturated heterocycles. The molecule has 0 unspecified atom stereocenters. The fourth-order valence-electron chi connectivity index (χ4n) is 1.08. The number of rotatable bonds is 2. The molecule has 9 heteroatoms. The molecule has 0 spiro atoms. The molecule has 0 saturated carbocycles. The molecule has 1 heterocycles. The van der Waals surface area contributed by atoms with Crippen LogP contribution in [0.4, 0.5) is 17.6 Å². The van der Waals surface area contributed by atoms with Crippen LogP contribution in [0.1, 0.15) is 0 Å². The van der Waals surface area contributed by atoms with E-state index in [1.54, 1.807) is 5.32 Å². The first kappa shape index (κ1) is 12.4. The molecule has 1 fully saturated rings. The standard InChI is InChI=1S/C7H6F4N2O3/c8-5(9)7(10,11)6(16)13-1-3(14)12-4(15)2-13/h5H,1-2H2,(H,12,14,15). The maximum atomic E-state index is 12.6. The number of imide groups is 1. The summed E-state index contributed by atoms with van der Waals surface area (Å²) in [6.45, 7) is -1.68. The number of hydrogen-bond donors (Lipinski definition) is 1. The minimum absolute atomic E-state index is 0.0906. The van der Waals surface area contributed by atoms with Crippen molar-refractivity contribution in [2.75, 3.05) is 13.1 Å². The van der Waals surface area contributed by atoms with E-state index in [1.165, 1.54) is 0 Å². The summed E-state index contributed by atoms with van der Waals surface area (Å²) in [7, 11) is 0. The molecule has 0 aromatic rings. The van der Waals surface area contributed by atoms with E-state index in [-0.39, 0.29) is 4.90 Å². The van der Waals surface area contributed by atoms with E-state index in [4.69, 9.17) is 0 Å². The average molecular weight is 242 g/mol. The Morgan fingerprint density at radius 3 is 2.06 bits per heavy atom. The van der Waals surface area contributed by atoms with Crippen molar-refractivity contribution in [1.82, 2.24) is 10.2 Å². The first-order valence-electron chi connectivity index (χ1n) is 4.03. The molecular weight excluding hydrogens is 236 g/mol. The molecule has 1 rings (SSSR count). The molecule has 5 nitrogen and oxygen atoms in total. The second-order valence-corrected chi connectivity index (χ2v) is 3.06. The fourth-order valence-corrected chi connectivity index (χ4v) is 1.08. The Kier molecular flexibility index (Phi) is 3.15. The van der Waals surface area contributed by atoms with Gasteiger partial charge in [0.05, 0.1) is 0 Å². The lowest BCUT2D eigenvalue weighted by molar-refractivity contribution is -0.182. The predicted molar refractivity (Wildman–Crippen MR) is 40.7 cm³/mol. The number of piperazine rings is 1. The van der Waals surface area contributed by atoms with E-state index in [0.29, 0.717) is 0 Å². The quantitative estimate of drug-likeness (QED) is 0.518. The number of halogens is 4. The van der Waals surface area contributed by atoms with Gasteiger partial charge in [-0.05, 0) is 0 Å². The lowest BCUT2D eigenvalue weighted by Gasteiger charge is -2.28. The van der Waals surface area contributed by atoms with E-state index in [0.717, 1.165) is 0 Å². The lowest BCUT2D eigenvalue weighted by atomic mass is 10.2. The summed E-state index contributed by atoms with van der Waals surface area (Å²) in [5, 5.41) is 1.74. The van der Waals surface area contributed by atoms with Gasteiger partial charge in [-0.15, -0.1) is 0 Å². The fraction of sp³-hybridized carbons (Fsp3) is 0.571. The van der Waals surface area contributed by atoms with Crippen LogP contribution in [-0.2, 0) is 14.4 Å². The Balaban J connectivity index is 2.81. The van der Waals surface area contributed by atoms with Crippen molar-refractivity contribution in [2.45, 2.75) is 12.3 Å². The van der Waals surface area contributed by atoms with E-state index < -0.39 is 43.2 Å². The van der Waals surface area contributed by atoms with E-state index in [2.05, 4.69) is 0 Å². The van der Waals surface area contributed by atoms with Crippen molar-refractivity contribution < 1.29 is 31.9 Å². The zero-order valence-electron chi connectivity index (χ0n) is 7.68. The molecule has 1 aliphatic rings. The normalized spacial score (nSPS) is 17.7. The van der Waals surface area contributed by atoms with Gasteiger partial charge in [-0.25, -0.2) is 8.78 Å². The average Bonchev–Trinajstić information content (AvgIpc) is 2.14. The van der Waals surface area contributed by atoms with Crippen LogP contribution in [0.5, 0.6) is 0 Å². The molecule has 0 radical (unpaired) electrons. The molecular formula is C7H6F4N2O3. The molecule has 1 N–H and O–H groups in total. The van der Waals surface area contributed by atoms with Gasteiger partial charge in [0.1, 0.15) is 13.1 Å². The van der Waals surface area contributed by atoms with Gasteiger partial charge in [0.25, 0.3) is 5.91 Å². The summed E-state index contributed by atoms with van der Waals surface area (Å²) in [5.74, 6) is -9.10. The molecule has 0 aromatic heterocycles. The highest BCUT2D eigenvalue weighted by atomic mass is 19.3. The summed E-state index contributed by atoms with van der Waals surface area (Å²) in [6, 6.07) is 0. The Morgan fingerprint density at radius 1 is 1.25 bits per heavy atom. The minimum Gasteiger partial charge on any atom is -0.319 e. The third kappa shape index (κ3) is 2.28. The molecule has 90 valence electrons. The van der Waals surface area contributed by atoms with Gasteiger partial charge in [0.15, 0.2) is 0 Å². The van der Waals surface area contributed by atoms with Crippen LogP contribution < -0.4 is 5.32 Å². The van der Waals surface area contributed by atoms with Crippen LogP contribution in [-0.4, -0.2) is 48.1 Å². The van der Waals surface area contributed by atoms with Crippen molar-refractivity contribution in [3.63, 3.8) is 0 Å². The van der Waals surface area contributed by atoms with Gasteiger partial charge in [-0.1, -0.05) is 0 Å². The number of carbonyl (C=O) groups is 3. The molecule has 1 aliphatic heterocycles. The first-order chi connectivity index (χ1) is 7.25. The topological polar surface area (TPSA) is 66.5 Å². The lowest BCUT2D eigenvalue weighted by Crippen LogP contribution is -2.58. The zero-order valence-corrected chi connectivity index (χ0v) is 7.68. The first-order valence-corrected chi connectivity index (χ1v) is 4.03. The van der Waals surface area contributed by atoms with Gasteiger partial charge in [0, 0.05) is 0 Å². The van der Waals surface area contributed by atoms with Crippen LogP contribution in [0.2, 0.25) is 0 Å². The monoisotopic (exact) mass is 242 g/mol. The highest BCUT2D eigenvalue weighted by Gasteiger charge is 2.52. The second kappa shape index (κ2) is 4.06. The molecule has 0 atom stereocenters. The highest BCUT2D eigenvalue weighted by molar-refractivity contribution is 6.03. The van der Waals surface area contributed by atoms with Crippen LogP contribution in [0, 0.1) is 0 Å². The summed E-state index contributed by atoms with van der Waals surface area (Å²) in [6.07, 6.45) is -4.18. The van der Waals surface area contributed by atoms with Crippen LogP contribution in [0.3, 0.4) is 0 Å². The van der Waals surface area contributed by atoms with E-state index in [9.17, 15) is 31.9 Å². The van der Waals surface area contributed by atoms with Crippen molar-refractivity contribution >= 4 is 17.7 Å². The van der Waals surface area contributed by atoms with Gasteiger partial charge >= 0.3 is 12.3 Å². The number of hydrogen-bond acceptors (Lipinski definition) is 3. The summed E-state index contributed by atoms with van der Waals surface area (Å²) in [4.78, 5) is 32.5. The highest BCUT2D eigenvalue weighted by Crippen LogP contribution is 2.25. The summed E-state index contributed by atoms with van der Waals surface area (Å²) >= 11 is 0. The smallest absolute Gasteiger partial charge is 0.319 e. The molecule has 3 amide bonds. The number of nitrogens with zero attached hydrogens (tertiary/aromatic N) is 1. The SMILES string of the molecule is O=C1CN(C(=O)C(F)(F)C(F)F)CC(=O)N1. The minimum atomic E-state index is -4.89. The number of carbonyl (C=O) groups excluding carboxylic acids is 3. The zero-order chi connectivity index (χ0) is 12.5. The van der Waals surface area contributed by atoms with Gasteiger partial charge < -0.3 is 4.90 Å². The number of alkyl halides is 4. The maximum Gasteiger partial charge on any atom is 0.383 e. The molecule has 16 heavy (non-hydrogen) atoms. The van der Waals surface area contributed by atoms with Gasteiger partial charge in [0.2, 0.25) is 11.8 Å². The Hall–Kier alpha value is -1.67. The van der Waals surface area contributed by atoms with Crippen LogP contribution in [0.25, 0.3) is 0 Å². The van der Waals surface area contributed by atoms with Crippen molar-refractivity contribution in [3.8, 4) is 0 Å².